The van der Waals surface area contributed by atoms with Crippen molar-refractivity contribution < 1.29 is 4.39 Å². The van der Waals surface area contributed by atoms with Gasteiger partial charge in [-0.2, -0.15) is 0 Å². The molecule has 122 valence electrons. The highest BCUT2D eigenvalue weighted by atomic mass is 19.1. The summed E-state index contributed by atoms with van der Waals surface area (Å²) in [7, 11) is 3.94. The van der Waals surface area contributed by atoms with Crippen molar-refractivity contribution in [1.29, 1.82) is 0 Å². The zero-order valence-electron chi connectivity index (χ0n) is 13.6. The van der Waals surface area contributed by atoms with E-state index >= 15 is 0 Å². The van der Waals surface area contributed by atoms with E-state index < -0.39 is 0 Å². The van der Waals surface area contributed by atoms with Crippen LogP contribution in [0.4, 0.5) is 16.0 Å². The van der Waals surface area contributed by atoms with Crippen LogP contribution in [0.3, 0.4) is 0 Å². The van der Waals surface area contributed by atoms with Crippen LogP contribution in [0.25, 0.3) is 0 Å². The van der Waals surface area contributed by atoms with Crippen molar-refractivity contribution in [3.05, 3.63) is 48.0 Å². The van der Waals surface area contributed by atoms with E-state index in [1.54, 1.807) is 12.4 Å². The van der Waals surface area contributed by atoms with Crippen LogP contribution in [-0.2, 0) is 6.54 Å². The topological polar surface area (TPSA) is 35.5 Å². The fraction of sp³-hybridized carbons (Fsp3) is 0.412. The number of piperazine rings is 1. The van der Waals surface area contributed by atoms with Gasteiger partial charge in [0.05, 0.1) is 0 Å². The van der Waals surface area contributed by atoms with Crippen molar-refractivity contribution in [2.24, 2.45) is 0 Å². The Morgan fingerprint density at radius 2 is 1.83 bits per heavy atom. The minimum Gasteiger partial charge on any atom is -0.363 e. The maximum Gasteiger partial charge on any atom is 0.134 e. The molecule has 0 N–H and O–H groups in total. The fourth-order valence-corrected chi connectivity index (χ4v) is 2.76. The standard InChI is InChI=1S/C17H22FN5/c1-21(2)16-11-17(20-13-19-16)23-9-7-22(8-10-23)12-14-5-3-4-6-15(14)18/h3-6,11,13H,7-10,12H2,1-2H3. The molecule has 6 heteroatoms. The second kappa shape index (κ2) is 6.91. The first-order valence-electron chi connectivity index (χ1n) is 7.83. The number of hydrogen-bond acceptors (Lipinski definition) is 5. The first kappa shape index (κ1) is 15.7. The molecule has 0 unspecified atom stereocenters. The van der Waals surface area contributed by atoms with E-state index in [1.807, 2.05) is 37.2 Å². The van der Waals surface area contributed by atoms with Crippen LogP contribution >= 0.6 is 0 Å². The summed E-state index contributed by atoms with van der Waals surface area (Å²) in [6, 6.07) is 9.00. The lowest BCUT2D eigenvalue weighted by molar-refractivity contribution is 0.246. The lowest BCUT2D eigenvalue weighted by atomic mass is 10.2. The number of nitrogens with zero attached hydrogens (tertiary/aromatic N) is 5. The SMILES string of the molecule is CN(C)c1cc(N2CCN(Cc3ccccc3F)CC2)ncn1. The molecule has 0 bridgehead atoms. The van der Waals surface area contributed by atoms with Gasteiger partial charge in [0.2, 0.25) is 0 Å². The summed E-state index contributed by atoms with van der Waals surface area (Å²) in [4.78, 5) is 15.1. The number of rotatable bonds is 4. The van der Waals surface area contributed by atoms with Crippen LogP contribution < -0.4 is 9.80 Å². The molecule has 1 aliphatic heterocycles. The van der Waals surface area contributed by atoms with E-state index in [4.69, 9.17) is 0 Å². The molecule has 0 saturated carbocycles. The lowest BCUT2D eigenvalue weighted by Crippen LogP contribution is -2.46. The van der Waals surface area contributed by atoms with Gasteiger partial charge in [0, 0.05) is 58.4 Å². The highest BCUT2D eigenvalue weighted by Gasteiger charge is 2.19. The van der Waals surface area contributed by atoms with Gasteiger partial charge in [0.15, 0.2) is 0 Å². The summed E-state index contributed by atoms with van der Waals surface area (Å²) in [5.41, 5.74) is 0.762. The summed E-state index contributed by atoms with van der Waals surface area (Å²) in [5.74, 6) is 1.74. The van der Waals surface area contributed by atoms with E-state index in [1.165, 1.54) is 6.07 Å². The molecular weight excluding hydrogens is 293 g/mol. The van der Waals surface area contributed by atoms with Gasteiger partial charge in [-0.15, -0.1) is 0 Å². The molecule has 1 saturated heterocycles. The van der Waals surface area contributed by atoms with Crippen LogP contribution in [0.5, 0.6) is 0 Å². The van der Waals surface area contributed by atoms with E-state index in [0.717, 1.165) is 43.4 Å². The van der Waals surface area contributed by atoms with Crippen molar-refractivity contribution in [3.63, 3.8) is 0 Å². The van der Waals surface area contributed by atoms with E-state index in [-0.39, 0.29) is 5.82 Å². The average Bonchev–Trinajstić information content (AvgIpc) is 2.58. The number of aromatic nitrogens is 2. The van der Waals surface area contributed by atoms with Crippen molar-refractivity contribution in [2.45, 2.75) is 6.54 Å². The number of benzene rings is 1. The minimum absolute atomic E-state index is 0.124. The van der Waals surface area contributed by atoms with E-state index in [2.05, 4.69) is 19.8 Å². The fourth-order valence-electron chi connectivity index (χ4n) is 2.76. The molecule has 3 rings (SSSR count). The van der Waals surface area contributed by atoms with Crippen LogP contribution in [0.1, 0.15) is 5.56 Å². The molecule has 0 amide bonds. The monoisotopic (exact) mass is 315 g/mol. The highest BCUT2D eigenvalue weighted by Crippen LogP contribution is 2.18. The van der Waals surface area contributed by atoms with Gasteiger partial charge in [0.1, 0.15) is 23.8 Å². The van der Waals surface area contributed by atoms with Gasteiger partial charge in [-0.1, -0.05) is 18.2 Å². The second-order valence-electron chi connectivity index (χ2n) is 5.98. The van der Waals surface area contributed by atoms with Crippen molar-refractivity contribution in [3.8, 4) is 0 Å². The van der Waals surface area contributed by atoms with Gasteiger partial charge in [-0.25, -0.2) is 14.4 Å². The third-order valence-corrected chi connectivity index (χ3v) is 4.14. The normalized spacial score (nSPS) is 15.7. The van der Waals surface area contributed by atoms with Gasteiger partial charge in [-0.3, -0.25) is 4.90 Å². The largest absolute Gasteiger partial charge is 0.363 e. The van der Waals surface area contributed by atoms with Gasteiger partial charge < -0.3 is 9.80 Å². The number of hydrogen-bond donors (Lipinski definition) is 0. The van der Waals surface area contributed by atoms with Crippen LogP contribution in [0.15, 0.2) is 36.7 Å². The first-order valence-corrected chi connectivity index (χ1v) is 7.83. The second-order valence-corrected chi connectivity index (χ2v) is 5.98. The highest BCUT2D eigenvalue weighted by molar-refractivity contribution is 5.49. The Morgan fingerprint density at radius 1 is 1.09 bits per heavy atom. The van der Waals surface area contributed by atoms with Gasteiger partial charge in [-0.05, 0) is 6.07 Å². The molecule has 23 heavy (non-hydrogen) atoms. The Hall–Kier alpha value is -2.21. The maximum atomic E-state index is 13.7. The molecular formula is C17H22FN5. The van der Waals surface area contributed by atoms with Gasteiger partial charge in [0.25, 0.3) is 0 Å². The molecule has 1 aliphatic rings. The van der Waals surface area contributed by atoms with Crippen LogP contribution in [0, 0.1) is 5.82 Å². The molecule has 2 aromatic rings. The Kier molecular flexibility index (Phi) is 4.71. The van der Waals surface area contributed by atoms with Crippen LogP contribution in [-0.4, -0.2) is 55.1 Å². The summed E-state index contributed by atoms with van der Waals surface area (Å²) < 4.78 is 13.7. The van der Waals surface area contributed by atoms with E-state index in [0.29, 0.717) is 6.54 Å². The molecule has 0 spiro atoms. The molecule has 0 aliphatic carbocycles. The number of anilines is 2. The van der Waals surface area contributed by atoms with Crippen molar-refractivity contribution in [2.75, 3.05) is 50.1 Å². The summed E-state index contributed by atoms with van der Waals surface area (Å²) in [5, 5.41) is 0. The Morgan fingerprint density at radius 3 is 2.52 bits per heavy atom. The Bertz CT molecular complexity index is 653. The van der Waals surface area contributed by atoms with Crippen molar-refractivity contribution >= 4 is 11.6 Å². The summed E-state index contributed by atoms with van der Waals surface area (Å²) in [6.45, 7) is 4.23. The van der Waals surface area contributed by atoms with E-state index in [9.17, 15) is 4.39 Å². The molecule has 2 heterocycles. The third kappa shape index (κ3) is 3.76. The summed E-state index contributed by atoms with van der Waals surface area (Å²) in [6.07, 6.45) is 1.61. The Labute approximate surface area is 136 Å². The quantitative estimate of drug-likeness (QED) is 0.862. The zero-order valence-corrected chi connectivity index (χ0v) is 13.6. The maximum absolute atomic E-state index is 13.7. The predicted octanol–water partition coefficient (Wildman–Crippen LogP) is 2.00. The van der Waals surface area contributed by atoms with Crippen molar-refractivity contribution in [1.82, 2.24) is 14.9 Å². The van der Waals surface area contributed by atoms with Crippen LogP contribution in [0.2, 0.25) is 0 Å². The predicted molar refractivity (Wildman–Crippen MR) is 90.2 cm³/mol. The molecule has 0 atom stereocenters. The summed E-state index contributed by atoms with van der Waals surface area (Å²) >= 11 is 0. The molecule has 5 nitrogen and oxygen atoms in total. The average molecular weight is 315 g/mol. The lowest BCUT2D eigenvalue weighted by Gasteiger charge is -2.35. The molecule has 1 aromatic heterocycles. The zero-order chi connectivity index (χ0) is 16.2. The third-order valence-electron chi connectivity index (χ3n) is 4.14. The number of halogens is 1. The smallest absolute Gasteiger partial charge is 0.134 e. The molecule has 1 fully saturated rings. The molecule has 0 radical (unpaired) electrons. The molecule has 1 aromatic carbocycles. The first-order chi connectivity index (χ1) is 11.1. The Balaban J connectivity index is 1.60. The minimum atomic E-state index is -0.124. The van der Waals surface area contributed by atoms with Gasteiger partial charge >= 0.3 is 0 Å².